The molecule has 0 aliphatic rings. The number of fused-ring (bicyclic) bond motifs is 1. The number of ether oxygens (including phenoxy) is 1. The number of amides is 1. The summed E-state index contributed by atoms with van der Waals surface area (Å²) in [4.78, 5) is 16.9. The second-order valence-corrected chi connectivity index (χ2v) is 8.00. The lowest BCUT2D eigenvalue weighted by Crippen LogP contribution is -2.14. The van der Waals surface area contributed by atoms with Crippen molar-refractivity contribution in [3.63, 3.8) is 0 Å². The number of anilines is 1. The van der Waals surface area contributed by atoms with Crippen LogP contribution in [0.2, 0.25) is 0 Å². The van der Waals surface area contributed by atoms with Crippen molar-refractivity contribution in [2.45, 2.75) is 20.3 Å². The van der Waals surface area contributed by atoms with Gasteiger partial charge in [0.25, 0.3) is 0 Å². The van der Waals surface area contributed by atoms with Crippen LogP contribution in [-0.2, 0) is 11.2 Å². The minimum Gasteiger partial charge on any atom is -0.438 e. The first-order valence-electron chi connectivity index (χ1n) is 11.0. The Bertz CT molecular complexity index is 1450. The molecular formula is C27H23N5O2. The Balaban J connectivity index is 1.21. The van der Waals surface area contributed by atoms with Crippen LogP contribution in [-0.4, -0.2) is 25.7 Å². The van der Waals surface area contributed by atoms with E-state index in [0.29, 0.717) is 29.6 Å². The number of rotatable bonds is 6. The maximum Gasteiger partial charge on any atom is 0.238 e. The second-order valence-electron chi connectivity index (χ2n) is 8.00. The Morgan fingerprint density at radius 1 is 0.912 bits per heavy atom. The standard InChI is InChI=1S/C27H23N5O2/c1-18-19(2)32(17-28-18)25-14-15-27(31-30-25)34-23-12-10-22(11-13-23)29-26(33)16-21-8-5-7-20-6-3-4-9-24(20)21/h3-15,17H,16H2,1-2H3,(H,29,33). The molecule has 168 valence electrons. The summed E-state index contributed by atoms with van der Waals surface area (Å²) in [6.45, 7) is 3.93. The number of carbonyl (C=O) groups is 1. The van der Waals surface area contributed by atoms with Crippen LogP contribution >= 0.6 is 0 Å². The molecule has 7 heteroatoms. The Morgan fingerprint density at radius 3 is 2.44 bits per heavy atom. The van der Waals surface area contributed by atoms with E-state index in [0.717, 1.165) is 27.7 Å². The minimum atomic E-state index is -0.0727. The molecule has 0 saturated heterocycles. The Morgan fingerprint density at radius 2 is 1.71 bits per heavy atom. The summed E-state index contributed by atoms with van der Waals surface area (Å²) >= 11 is 0. The van der Waals surface area contributed by atoms with Gasteiger partial charge in [0.2, 0.25) is 11.8 Å². The molecule has 7 nitrogen and oxygen atoms in total. The molecule has 3 aromatic carbocycles. The maximum absolute atomic E-state index is 12.6. The van der Waals surface area contributed by atoms with E-state index in [4.69, 9.17) is 4.74 Å². The van der Waals surface area contributed by atoms with Crippen LogP contribution in [0.15, 0.2) is 85.2 Å². The zero-order valence-electron chi connectivity index (χ0n) is 18.9. The average Bonchev–Trinajstić information content (AvgIpc) is 3.19. The largest absolute Gasteiger partial charge is 0.438 e. The zero-order chi connectivity index (χ0) is 23.5. The van der Waals surface area contributed by atoms with Gasteiger partial charge in [-0.1, -0.05) is 42.5 Å². The predicted molar refractivity (Wildman–Crippen MR) is 131 cm³/mol. The molecule has 0 fully saturated rings. The molecule has 0 radical (unpaired) electrons. The van der Waals surface area contributed by atoms with Gasteiger partial charge >= 0.3 is 0 Å². The van der Waals surface area contributed by atoms with E-state index in [1.165, 1.54) is 0 Å². The number of carbonyl (C=O) groups excluding carboxylic acids is 1. The minimum absolute atomic E-state index is 0.0727. The quantitative estimate of drug-likeness (QED) is 0.375. The van der Waals surface area contributed by atoms with Crippen molar-refractivity contribution in [1.82, 2.24) is 19.7 Å². The van der Waals surface area contributed by atoms with Gasteiger partial charge in [-0.15, -0.1) is 10.2 Å². The number of nitrogens with one attached hydrogen (secondary N) is 1. The fourth-order valence-corrected chi connectivity index (χ4v) is 3.78. The van der Waals surface area contributed by atoms with Gasteiger partial charge in [-0.05, 0) is 60.5 Å². The van der Waals surface area contributed by atoms with Crippen LogP contribution in [0.5, 0.6) is 11.6 Å². The molecule has 0 bridgehead atoms. The number of hydrogen-bond acceptors (Lipinski definition) is 5. The maximum atomic E-state index is 12.6. The summed E-state index contributed by atoms with van der Waals surface area (Å²) in [6, 6.07) is 24.8. The van der Waals surface area contributed by atoms with E-state index in [2.05, 4.69) is 20.5 Å². The molecule has 1 amide bonds. The van der Waals surface area contributed by atoms with Crippen LogP contribution < -0.4 is 10.1 Å². The first-order chi connectivity index (χ1) is 16.6. The molecular weight excluding hydrogens is 426 g/mol. The third-order valence-corrected chi connectivity index (χ3v) is 5.72. The van der Waals surface area contributed by atoms with Gasteiger partial charge in [-0.25, -0.2) is 4.98 Å². The highest BCUT2D eigenvalue weighted by Crippen LogP contribution is 2.23. The third kappa shape index (κ3) is 4.49. The molecule has 0 unspecified atom stereocenters. The zero-order valence-corrected chi connectivity index (χ0v) is 18.9. The van der Waals surface area contributed by atoms with Gasteiger partial charge < -0.3 is 10.1 Å². The summed E-state index contributed by atoms with van der Waals surface area (Å²) < 4.78 is 7.67. The first kappa shape index (κ1) is 21.3. The summed E-state index contributed by atoms with van der Waals surface area (Å²) in [6.07, 6.45) is 2.03. The predicted octanol–water partition coefficient (Wildman–Crippen LogP) is 5.41. The van der Waals surface area contributed by atoms with Crippen LogP contribution in [0.25, 0.3) is 16.6 Å². The Labute approximate surface area is 197 Å². The van der Waals surface area contributed by atoms with Crippen LogP contribution in [0, 0.1) is 13.8 Å². The molecule has 0 aliphatic heterocycles. The number of hydrogen-bond donors (Lipinski definition) is 1. The highest BCUT2D eigenvalue weighted by molar-refractivity contribution is 5.96. The lowest BCUT2D eigenvalue weighted by atomic mass is 10.0. The van der Waals surface area contributed by atoms with Crippen LogP contribution in [0.1, 0.15) is 17.0 Å². The first-order valence-corrected chi connectivity index (χ1v) is 11.0. The molecule has 0 spiro atoms. The molecule has 5 rings (SSSR count). The normalized spacial score (nSPS) is 10.9. The number of aromatic nitrogens is 4. The summed E-state index contributed by atoms with van der Waals surface area (Å²) in [7, 11) is 0. The second kappa shape index (κ2) is 9.15. The van der Waals surface area contributed by atoms with Crippen molar-refractivity contribution in [1.29, 1.82) is 0 Å². The van der Waals surface area contributed by atoms with Crippen LogP contribution in [0.3, 0.4) is 0 Å². The molecule has 2 heterocycles. The summed E-state index contributed by atoms with van der Waals surface area (Å²) in [5, 5.41) is 13.5. The number of aryl methyl sites for hydroxylation is 1. The van der Waals surface area contributed by atoms with E-state index in [-0.39, 0.29) is 5.91 Å². The number of benzene rings is 3. The van der Waals surface area contributed by atoms with Gasteiger partial charge in [0.05, 0.1) is 12.1 Å². The fourth-order valence-electron chi connectivity index (χ4n) is 3.78. The van der Waals surface area contributed by atoms with E-state index in [1.807, 2.05) is 66.9 Å². The molecule has 1 N–H and O–H groups in total. The number of imidazole rings is 1. The smallest absolute Gasteiger partial charge is 0.238 e. The Kier molecular flexibility index (Phi) is 5.74. The summed E-state index contributed by atoms with van der Waals surface area (Å²) in [5.41, 5.74) is 3.66. The Hall–Kier alpha value is -4.52. The van der Waals surface area contributed by atoms with E-state index in [9.17, 15) is 4.79 Å². The SMILES string of the molecule is Cc1ncn(-c2ccc(Oc3ccc(NC(=O)Cc4cccc5ccccc45)cc3)nn2)c1C. The van der Waals surface area contributed by atoms with Crippen molar-refractivity contribution < 1.29 is 9.53 Å². The van der Waals surface area contributed by atoms with Crippen LogP contribution in [0.4, 0.5) is 5.69 Å². The van der Waals surface area contributed by atoms with Gasteiger partial charge in [0.1, 0.15) is 12.1 Å². The van der Waals surface area contributed by atoms with E-state index in [1.54, 1.807) is 36.7 Å². The topological polar surface area (TPSA) is 81.9 Å². The van der Waals surface area contributed by atoms with Gasteiger partial charge in [0.15, 0.2) is 5.82 Å². The fraction of sp³-hybridized carbons (Fsp3) is 0.111. The lowest BCUT2D eigenvalue weighted by Gasteiger charge is -2.09. The average molecular weight is 450 g/mol. The van der Waals surface area contributed by atoms with E-state index < -0.39 is 0 Å². The lowest BCUT2D eigenvalue weighted by molar-refractivity contribution is -0.115. The van der Waals surface area contributed by atoms with E-state index >= 15 is 0 Å². The molecule has 0 saturated carbocycles. The number of nitrogens with zero attached hydrogens (tertiary/aromatic N) is 4. The molecule has 2 aromatic heterocycles. The van der Waals surface area contributed by atoms with Gasteiger partial charge in [-0.2, -0.15) is 0 Å². The monoisotopic (exact) mass is 449 g/mol. The molecule has 0 atom stereocenters. The van der Waals surface area contributed by atoms with Crippen molar-refractivity contribution >= 4 is 22.4 Å². The molecule has 34 heavy (non-hydrogen) atoms. The summed E-state index contributed by atoms with van der Waals surface area (Å²) in [5.74, 6) is 1.58. The third-order valence-electron chi connectivity index (χ3n) is 5.72. The van der Waals surface area contributed by atoms with Gasteiger partial charge in [-0.3, -0.25) is 9.36 Å². The highest BCUT2D eigenvalue weighted by Gasteiger charge is 2.09. The van der Waals surface area contributed by atoms with Crippen molar-refractivity contribution in [2.24, 2.45) is 0 Å². The molecule has 5 aromatic rings. The van der Waals surface area contributed by atoms with Crippen molar-refractivity contribution in [2.75, 3.05) is 5.32 Å². The van der Waals surface area contributed by atoms with Gasteiger partial charge in [0, 0.05) is 17.4 Å². The highest BCUT2D eigenvalue weighted by atomic mass is 16.5. The van der Waals surface area contributed by atoms with Crippen molar-refractivity contribution in [3.05, 3.63) is 102 Å². The van der Waals surface area contributed by atoms with Crippen molar-refractivity contribution in [3.8, 4) is 17.4 Å². The molecule has 0 aliphatic carbocycles.